The van der Waals surface area contributed by atoms with Crippen LogP contribution in [0.25, 0.3) is 0 Å². The molecular formula is C15H28NO2+. The molecule has 2 rings (SSSR count). The minimum atomic E-state index is 0.0357. The van der Waals surface area contributed by atoms with Gasteiger partial charge in [0.25, 0.3) is 0 Å². The van der Waals surface area contributed by atoms with Crippen molar-refractivity contribution < 1.29 is 14.4 Å². The molecule has 2 atom stereocenters. The van der Waals surface area contributed by atoms with Crippen molar-refractivity contribution in [2.45, 2.75) is 58.4 Å². The van der Waals surface area contributed by atoms with Gasteiger partial charge in [-0.15, -0.1) is 0 Å². The molecule has 2 fully saturated rings. The Labute approximate surface area is 111 Å². The second-order valence-electron chi connectivity index (χ2n) is 6.15. The van der Waals surface area contributed by atoms with Gasteiger partial charge in [0.2, 0.25) is 0 Å². The van der Waals surface area contributed by atoms with E-state index < -0.39 is 0 Å². The summed E-state index contributed by atoms with van der Waals surface area (Å²) in [7, 11) is 0. The molecule has 1 aliphatic heterocycles. The van der Waals surface area contributed by atoms with Crippen LogP contribution in [-0.2, 0) is 9.53 Å². The van der Waals surface area contributed by atoms with Gasteiger partial charge in [0.1, 0.15) is 0 Å². The molecule has 1 N–H and O–H groups in total. The Morgan fingerprint density at radius 3 is 2.56 bits per heavy atom. The molecule has 0 bridgehead atoms. The Morgan fingerprint density at radius 1 is 1.22 bits per heavy atom. The SMILES string of the molecule is CCOC(=O)C1CC[NH+]([C@H]2CCC[C@H](C)C2)CC1. The van der Waals surface area contributed by atoms with Crippen molar-refractivity contribution in [2.75, 3.05) is 19.7 Å². The van der Waals surface area contributed by atoms with E-state index >= 15 is 0 Å². The molecule has 2 aliphatic rings. The first kappa shape index (κ1) is 13.9. The van der Waals surface area contributed by atoms with Gasteiger partial charge in [-0.3, -0.25) is 4.79 Å². The van der Waals surface area contributed by atoms with Crippen molar-refractivity contribution in [3.05, 3.63) is 0 Å². The molecule has 0 aromatic heterocycles. The first-order chi connectivity index (χ1) is 8.70. The maximum absolute atomic E-state index is 11.7. The van der Waals surface area contributed by atoms with Crippen molar-refractivity contribution in [1.82, 2.24) is 0 Å². The Balaban J connectivity index is 1.77. The molecule has 3 nitrogen and oxygen atoms in total. The molecule has 0 amide bonds. The Bertz CT molecular complexity index is 272. The van der Waals surface area contributed by atoms with E-state index in [1.807, 2.05) is 6.92 Å². The predicted molar refractivity (Wildman–Crippen MR) is 71.5 cm³/mol. The first-order valence-corrected chi connectivity index (χ1v) is 7.72. The third kappa shape index (κ3) is 3.47. The highest BCUT2D eigenvalue weighted by molar-refractivity contribution is 5.72. The molecule has 3 heteroatoms. The van der Waals surface area contributed by atoms with E-state index in [1.54, 1.807) is 4.90 Å². The zero-order chi connectivity index (χ0) is 13.0. The third-order valence-corrected chi connectivity index (χ3v) is 4.76. The van der Waals surface area contributed by atoms with Crippen LogP contribution in [0.3, 0.4) is 0 Å². The van der Waals surface area contributed by atoms with Crippen molar-refractivity contribution in [3.8, 4) is 0 Å². The van der Waals surface area contributed by atoms with Crippen LogP contribution in [-0.4, -0.2) is 31.7 Å². The van der Waals surface area contributed by atoms with Gasteiger partial charge in [-0.1, -0.05) is 13.3 Å². The minimum absolute atomic E-state index is 0.0357. The summed E-state index contributed by atoms with van der Waals surface area (Å²) in [6, 6.07) is 0.858. The highest BCUT2D eigenvalue weighted by atomic mass is 16.5. The zero-order valence-corrected chi connectivity index (χ0v) is 11.9. The zero-order valence-electron chi connectivity index (χ0n) is 11.9. The van der Waals surface area contributed by atoms with Crippen LogP contribution in [0.4, 0.5) is 0 Å². The molecule has 1 aliphatic carbocycles. The lowest BCUT2D eigenvalue weighted by Crippen LogP contribution is -3.17. The number of rotatable bonds is 3. The normalized spacial score (nSPS) is 37.2. The van der Waals surface area contributed by atoms with E-state index in [0.717, 1.165) is 24.8 Å². The Morgan fingerprint density at radius 2 is 1.94 bits per heavy atom. The lowest BCUT2D eigenvalue weighted by molar-refractivity contribution is -0.932. The fourth-order valence-corrected chi connectivity index (χ4v) is 3.70. The fraction of sp³-hybridized carbons (Fsp3) is 0.933. The summed E-state index contributed by atoms with van der Waals surface area (Å²) in [5.41, 5.74) is 0. The van der Waals surface area contributed by atoms with Crippen LogP contribution in [0.15, 0.2) is 0 Å². The molecule has 0 radical (unpaired) electrons. The van der Waals surface area contributed by atoms with E-state index in [4.69, 9.17) is 4.74 Å². The van der Waals surface area contributed by atoms with E-state index in [-0.39, 0.29) is 11.9 Å². The Kier molecular flexibility index (Phi) is 5.04. The van der Waals surface area contributed by atoms with E-state index in [1.165, 1.54) is 38.8 Å². The van der Waals surface area contributed by atoms with Crippen molar-refractivity contribution in [1.29, 1.82) is 0 Å². The smallest absolute Gasteiger partial charge is 0.309 e. The van der Waals surface area contributed by atoms with Gasteiger partial charge in [-0.05, 0) is 25.7 Å². The van der Waals surface area contributed by atoms with E-state index in [0.29, 0.717) is 6.61 Å². The van der Waals surface area contributed by atoms with Crippen LogP contribution >= 0.6 is 0 Å². The van der Waals surface area contributed by atoms with Crippen LogP contribution in [0.5, 0.6) is 0 Å². The molecule has 0 unspecified atom stereocenters. The highest BCUT2D eigenvalue weighted by Gasteiger charge is 2.34. The number of piperidine rings is 1. The molecule has 1 saturated carbocycles. The third-order valence-electron chi connectivity index (χ3n) is 4.76. The molecule has 0 aromatic rings. The maximum Gasteiger partial charge on any atom is 0.309 e. The van der Waals surface area contributed by atoms with Gasteiger partial charge in [-0.25, -0.2) is 0 Å². The van der Waals surface area contributed by atoms with Gasteiger partial charge in [-0.2, -0.15) is 0 Å². The number of carbonyl (C=O) groups excluding carboxylic acids is 1. The van der Waals surface area contributed by atoms with Crippen LogP contribution in [0.2, 0.25) is 0 Å². The van der Waals surface area contributed by atoms with Gasteiger partial charge in [0.15, 0.2) is 0 Å². The molecule has 1 saturated heterocycles. The lowest BCUT2D eigenvalue weighted by Gasteiger charge is -2.37. The van der Waals surface area contributed by atoms with Crippen LogP contribution < -0.4 is 4.90 Å². The second kappa shape index (κ2) is 6.55. The molecule has 104 valence electrons. The summed E-state index contributed by atoms with van der Waals surface area (Å²) >= 11 is 0. The lowest BCUT2D eigenvalue weighted by atomic mass is 9.84. The number of likely N-dealkylation sites (tertiary alicyclic amines) is 1. The summed E-state index contributed by atoms with van der Waals surface area (Å²) in [4.78, 5) is 13.5. The van der Waals surface area contributed by atoms with Crippen molar-refractivity contribution in [2.24, 2.45) is 11.8 Å². The summed E-state index contributed by atoms with van der Waals surface area (Å²) in [6.07, 6.45) is 7.65. The van der Waals surface area contributed by atoms with Crippen LogP contribution in [0.1, 0.15) is 52.4 Å². The fourth-order valence-electron chi connectivity index (χ4n) is 3.70. The minimum Gasteiger partial charge on any atom is -0.466 e. The van der Waals surface area contributed by atoms with Gasteiger partial charge in [0.05, 0.1) is 31.7 Å². The largest absolute Gasteiger partial charge is 0.466 e. The van der Waals surface area contributed by atoms with E-state index in [9.17, 15) is 4.79 Å². The number of quaternary nitrogens is 1. The number of hydrogen-bond donors (Lipinski definition) is 1. The topological polar surface area (TPSA) is 30.7 Å². The number of carbonyl (C=O) groups is 1. The predicted octanol–water partition coefficient (Wildman–Crippen LogP) is 1.42. The summed E-state index contributed by atoms with van der Waals surface area (Å²) in [5, 5.41) is 0. The summed E-state index contributed by atoms with van der Waals surface area (Å²) < 4.78 is 5.13. The monoisotopic (exact) mass is 254 g/mol. The van der Waals surface area contributed by atoms with Gasteiger partial charge >= 0.3 is 5.97 Å². The number of ether oxygens (including phenoxy) is 1. The van der Waals surface area contributed by atoms with Gasteiger partial charge in [0, 0.05) is 19.3 Å². The number of esters is 1. The Hall–Kier alpha value is -0.570. The van der Waals surface area contributed by atoms with Crippen molar-refractivity contribution in [3.63, 3.8) is 0 Å². The number of hydrogen-bond acceptors (Lipinski definition) is 2. The van der Waals surface area contributed by atoms with Crippen LogP contribution in [0, 0.1) is 11.8 Å². The standard InChI is InChI=1S/C15H27NO2/c1-3-18-15(17)13-7-9-16(10-8-13)14-6-4-5-12(2)11-14/h12-14H,3-11H2,1-2H3/p+1/t12-,14-/m0/s1. The molecular weight excluding hydrogens is 226 g/mol. The average Bonchev–Trinajstić information content (AvgIpc) is 2.39. The second-order valence-corrected chi connectivity index (χ2v) is 6.15. The molecule has 0 spiro atoms. The molecule has 18 heavy (non-hydrogen) atoms. The maximum atomic E-state index is 11.7. The summed E-state index contributed by atoms with van der Waals surface area (Å²) in [6.45, 7) is 7.13. The highest BCUT2D eigenvalue weighted by Crippen LogP contribution is 2.23. The quantitative estimate of drug-likeness (QED) is 0.772. The first-order valence-electron chi connectivity index (χ1n) is 7.72. The van der Waals surface area contributed by atoms with Crippen molar-refractivity contribution >= 4 is 5.97 Å². The molecule has 1 heterocycles. The average molecular weight is 254 g/mol. The van der Waals surface area contributed by atoms with Gasteiger partial charge < -0.3 is 9.64 Å². The van der Waals surface area contributed by atoms with E-state index in [2.05, 4.69) is 6.92 Å². The molecule has 0 aromatic carbocycles. The number of nitrogens with one attached hydrogen (secondary N) is 1. The summed E-state index contributed by atoms with van der Waals surface area (Å²) in [5.74, 6) is 1.11.